The van der Waals surface area contributed by atoms with Gasteiger partial charge in [0, 0.05) is 11.0 Å². The van der Waals surface area contributed by atoms with Crippen molar-refractivity contribution in [2.45, 2.75) is 52.1 Å². The molecule has 0 saturated carbocycles. The van der Waals surface area contributed by atoms with Crippen molar-refractivity contribution in [1.82, 2.24) is 9.78 Å². The molecule has 0 N–H and O–H groups in total. The van der Waals surface area contributed by atoms with Crippen molar-refractivity contribution in [1.29, 1.82) is 0 Å². The van der Waals surface area contributed by atoms with Crippen molar-refractivity contribution in [3.63, 3.8) is 0 Å². The van der Waals surface area contributed by atoms with Gasteiger partial charge in [0.2, 0.25) is 0 Å². The number of fused-ring (bicyclic) bond motifs is 1. The van der Waals surface area contributed by atoms with Crippen LogP contribution in [0.15, 0.2) is 30.3 Å². The van der Waals surface area contributed by atoms with Crippen LogP contribution in [-0.2, 0) is 11.6 Å². The molecule has 0 spiro atoms. The molecular formula is C18H21F3N2. The van der Waals surface area contributed by atoms with Crippen LogP contribution in [-0.4, -0.2) is 9.78 Å². The van der Waals surface area contributed by atoms with Gasteiger partial charge in [0.1, 0.15) is 0 Å². The zero-order valence-corrected chi connectivity index (χ0v) is 14.0. The largest absolute Gasteiger partial charge is 0.435 e. The molecule has 3 rings (SSSR count). The van der Waals surface area contributed by atoms with Crippen molar-refractivity contribution in [2.75, 3.05) is 0 Å². The highest BCUT2D eigenvalue weighted by molar-refractivity contribution is 5.49. The van der Waals surface area contributed by atoms with Crippen LogP contribution in [0.2, 0.25) is 0 Å². The molecule has 0 aliphatic heterocycles. The van der Waals surface area contributed by atoms with E-state index in [9.17, 15) is 13.2 Å². The number of aromatic nitrogens is 2. The first-order valence-electron chi connectivity index (χ1n) is 7.75. The summed E-state index contributed by atoms with van der Waals surface area (Å²) in [5.74, 6) is -0.221. The first-order chi connectivity index (χ1) is 10.5. The molecule has 1 heterocycles. The van der Waals surface area contributed by atoms with Crippen molar-refractivity contribution in [2.24, 2.45) is 5.41 Å². The summed E-state index contributed by atoms with van der Waals surface area (Å²) >= 11 is 0. The van der Waals surface area contributed by atoms with Gasteiger partial charge in [-0.25, -0.2) is 4.68 Å². The number of alkyl halides is 3. The summed E-state index contributed by atoms with van der Waals surface area (Å²) in [7, 11) is 0. The molecule has 2 aromatic rings. The monoisotopic (exact) mass is 322 g/mol. The lowest BCUT2D eigenvalue weighted by Gasteiger charge is -2.39. The minimum Gasteiger partial charge on any atom is -0.236 e. The van der Waals surface area contributed by atoms with Gasteiger partial charge < -0.3 is 0 Å². The van der Waals surface area contributed by atoms with Gasteiger partial charge in [-0.05, 0) is 23.5 Å². The Morgan fingerprint density at radius 2 is 1.61 bits per heavy atom. The Morgan fingerprint density at radius 3 is 2.13 bits per heavy atom. The maximum atomic E-state index is 13.6. The zero-order chi connectivity index (χ0) is 17.2. The number of hydrogen-bond acceptors (Lipinski definition) is 1. The third-order valence-corrected chi connectivity index (χ3v) is 5.91. The minimum absolute atomic E-state index is 0.221. The lowest BCUT2D eigenvalue weighted by molar-refractivity contribution is -0.142. The standard InChI is InChI=1S/C18H21F3N2/c1-11-13-14(18(19,20)21)22-23(12-9-7-6-8-10-12)15(13)17(4,5)16(11,2)3/h6-11H,1-5H3/t11-/m0/s1. The fourth-order valence-corrected chi connectivity index (χ4v) is 3.61. The molecule has 5 heteroatoms. The Balaban J connectivity index is 2.37. The predicted octanol–water partition coefficient (Wildman–Crippen LogP) is 5.31. The second-order valence-electron chi connectivity index (χ2n) is 7.42. The highest BCUT2D eigenvalue weighted by Crippen LogP contribution is 2.60. The number of hydrogen-bond donors (Lipinski definition) is 0. The molecule has 1 aliphatic rings. The van der Waals surface area contributed by atoms with Crippen LogP contribution < -0.4 is 0 Å². The number of para-hydroxylation sites is 1. The second kappa shape index (κ2) is 4.62. The Morgan fingerprint density at radius 1 is 1.04 bits per heavy atom. The fourth-order valence-electron chi connectivity index (χ4n) is 3.61. The summed E-state index contributed by atoms with van der Waals surface area (Å²) in [5.41, 5.74) is 0.218. The van der Waals surface area contributed by atoms with Crippen molar-refractivity contribution in [3.05, 3.63) is 47.3 Å². The molecule has 0 unspecified atom stereocenters. The van der Waals surface area contributed by atoms with E-state index in [1.54, 1.807) is 12.1 Å². The molecule has 2 nitrogen and oxygen atoms in total. The SMILES string of the molecule is C[C@H]1c2c(C(F)(F)F)nn(-c3ccccc3)c2C(C)(C)C1(C)C. The van der Waals surface area contributed by atoms with Crippen LogP contribution >= 0.6 is 0 Å². The van der Waals surface area contributed by atoms with Gasteiger partial charge in [0.05, 0.1) is 11.4 Å². The summed E-state index contributed by atoms with van der Waals surface area (Å²) in [4.78, 5) is 0. The van der Waals surface area contributed by atoms with Gasteiger partial charge in [-0.1, -0.05) is 52.8 Å². The van der Waals surface area contributed by atoms with E-state index in [0.29, 0.717) is 16.9 Å². The molecule has 0 saturated heterocycles. The number of nitrogens with zero attached hydrogens (tertiary/aromatic N) is 2. The summed E-state index contributed by atoms with van der Waals surface area (Å²) < 4.78 is 42.2. The van der Waals surface area contributed by atoms with Crippen LogP contribution in [0.4, 0.5) is 13.2 Å². The highest BCUT2D eigenvalue weighted by atomic mass is 19.4. The summed E-state index contributed by atoms with van der Waals surface area (Å²) in [6.45, 7) is 9.97. The molecule has 1 aliphatic carbocycles. The average Bonchev–Trinajstić information content (AvgIpc) is 2.92. The van der Waals surface area contributed by atoms with Gasteiger partial charge >= 0.3 is 6.18 Å². The van der Waals surface area contributed by atoms with E-state index in [0.717, 1.165) is 0 Å². The number of benzene rings is 1. The molecule has 23 heavy (non-hydrogen) atoms. The first kappa shape index (κ1) is 16.1. The minimum atomic E-state index is -4.45. The smallest absolute Gasteiger partial charge is 0.236 e. The molecule has 0 radical (unpaired) electrons. The maximum Gasteiger partial charge on any atom is 0.435 e. The topological polar surface area (TPSA) is 17.8 Å². The maximum absolute atomic E-state index is 13.6. The van der Waals surface area contributed by atoms with Crippen molar-refractivity contribution >= 4 is 0 Å². The van der Waals surface area contributed by atoms with Crippen LogP contribution in [0.3, 0.4) is 0 Å². The van der Waals surface area contributed by atoms with E-state index in [1.165, 1.54) is 4.68 Å². The van der Waals surface area contributed by atoms with Crippen molar-refractivity contribution in [3.8, 4) is 5.69 Å². The Kier molecular flexibility index (Phi) is 3.23. The quantitative estimate of drug-likeness (QED) is 0.695. The lowest BCUT2D eigenvalue weighted by Crippen LogP contribution is -2.36. The Labute approximate surface area is 134 Å². The van der Waals surface area contributed by atoms with Crippen molar-refractivity contribution < 1.29 is 13.2 Å². The van der Waals surface area contributed by atoms with Crippen LogP contribution in [0.5, 0.6) is 0 Å². The third-order valence-electron chi connectivity index (χ3n) is 5.91. The third kappa shape index (κ3) is 2.05. The average molecular weight is 322 g/mol. The van der Waals surface area contributed by atoms with Gasteiger partial charge in [-0.2, -0.15) is 18.3 Å². The van der Waals surface area contributed by atoms with Gasteiger partial charge in [-0.15, -0.1) is 0 Å². The molecular weight excluding hydrogens is 301 g/mol. The van der Waals surface area contributed by atoms with Crippen LogP contribution in [0.1, 0.15) is 57.5 Å². The normalized spacial score (nSPS) is 22.2. The predicted molar refractivity (Wildman–Crippen MR) is 83.8 cm³/mol. The molecule has 1 atom stereocenters. The summed E-state index contributed by atoms with van der Waals surface area (Å²) in [6, 6.07) is 9.05. The van der Waals surface area contributed by atoms with E-state index in [1.807, 2.05) is 52.8 Å². The van der Waals surface area contributed by atoms with Crippen LogP contribution in [0.25, 0.3) is 5.69 Å². The molecule has 0 bridgehead atoms. The number of rotatable bonds is 1. The summed E-state index contributed by atoms with van der Waals surface area (Å²) in [6.07, 6.45) is -4.45. The molecule has 124 valence electrons. The molecule has 1 aromatic carbocycles. The summed E-state index contributed by atoms with van der Waals surface area (Å²) in [5, 5.41) is 3.98. The highest BCUT2D eigenvalue weighted by Gasteiger charge is 2.57. The molecule has 0 fully saturated rings. The van der Waals surface area contributed by atoms with Gasteiger partial charge in [-0.3, -0.25) is 0 Å². The molecule has 1 aromatic heterocycles. The number of halogens is 3. The lowest BCUT2D eigenvalue weighted by atomic mass is 9.66. The van der Waals surface area contributed by atoms with E-state index in [-0.39, 0.29) is 11.3 Å². The van der Waals surface area contributed by atoms with Gasteiger partial charge in [0.25, 0.3) is 0 Å². The fraction of sp³-hybridized carbons (Fsp3) is 0.500. The van der Waals surface area contributed by atoms with Crippen LogP contribution in [0, 0.1) is 5.41 Å². The van der Waals surface area contributed by atoms with E-state index >= 15 is 0 Å². The molecule has 0 amide bonds. The zero-order valence-electron chi connectivity index (χ0n) is 14.0. The van der Waals surface area contributed by atoms with E-state index < -0.39 is 17.3 Å². The Hall–Kier alpha value is -1.78. The Bertz CT molecular complexity index is 740. The van der Waals surface area contributed by atoms with E-state index in [4.69, 9.17) is 0 Å². The first-order valence-corrected chi connectivity index (χ1v) is 7.75. The van der Waals surface area contributed by atoms with Gasteiger partial charge in [0.15, 0.2) is 5.69 Å². The van der Waals surface area contributed by atoms with E-state index in [2.05, 4.69) is 5.10 Å². The second-order valence-corrected chi connectivity index (χ2v) is 7.42.